The second-order valence-electron chi connectivity index (χ2n) is 4.06. The maximum Gasteiger partial charge on any atom is 0.136 e. The van der Waals surface area contributed by atoms with Gasteiger partial charge in [-0.05, 0) is 34.7 Å². The fourth-order valence-electron chi connectivity index (χ4n) is 2.11. The molecule has 1 aromatic heterocycles. The lowest BCUT2D eigenvalue weighted by Crippen LogP contribution is -2.20. The molecule has 1 aliphatic rings. The van der Waals surface area contributed by atoms with Crippen LogP contribution in [0.2, 0.25) is 0 Å². The van der Waals surface area contributed by atoms with Crippen molar-refractivity contribution in [3.05, 3.63) is 56.2 Å². The molecule has 3 rings (SSSR count). The van der Waals surface area contributed by atoms with Crippen molar-refractivity contribution in [3.8, 4) is 0 Å². The lowest BCUT2D eigenvalue weighted by atomic mass is 9.97. The van der Waals surface area contributed by atoms with Crippen LogP contribution in [0.25, 0.3) is 0 Å². The van der Waals surface area contributed by atoms with E-state index in [9.17, 15) is 0 Å². The van der Waals surface area contributed by atoms with Crippen LogP contribution in [-0.4, -0.2) is 5.84 Å². The van der Waals surface area contributed by atoms with Gasteiger partial charge in [-0.1, -0.05) is 28.1 Å². The predicted molar refractivity (Wildman–Crippen MR) is 75.6 cm³/mol. The fraction of sp³-hybridized carbons (Fsp3) is 0.154. The van der Waals surface area contributed by atoms with E-state index >= 15 is 0 Å². The predicted octanol–water partition coefficient (Wildman–Crippen LogP) is 3.51. The van der Waals surface area contributed by atoms with E-state index in [0.717, 1.165) is 15.8 Å². The van der Waals surface area contributed by atoms with Gasteiger partial charge in [-0.3, -0.25) is 4.99 Å². The Labute approximate surface area is 112 Å². The number of thiophene rings is 1. The minimum Gasteiger partial charge on any atom is -0.383 e. The third kappa shape index (κ3) is 2.03. The molecule has 0 bridgehead atoms. The molecule has 2 nitrogen and oxygen atoms in total. The molecule has 0 aliphatic carbocycles. The van der Waals surface area contributed by atoms with Crippen molar-refractivity contribution in [1.29, 1.82) is 0 Å². The van der Waals surface area contributed by atoms with Gasteiger partial charge in [-0.2, -0.15) is 0 Å². The van der Waals surface area contributed by atoms with Crippen molar-refractivity contribution >= 4 is 33.1 Å². The molecular weight excluding hydrogens is 296 g/mol. The highest BCUT2D eigenvalue weighted by Gasteiger charge is 2.21. The van der Waals surface area contributed by atoms with Crippen molar-refractivity contribution in [2.75, 3.05) is 0 Å². The van der Waals surface area contributed by atoms with E-state index in [1.807, 2.05) is 12.1 Å². The Morgan fingerprint density at radius 1 is 1.35 bits per heavy atom. The van der Waals surface area contributed by atoms with Gasteiger partial charge in [0, 0.05) is 10.9 Å². The molecule has 0 amide bonds. The van der Waals surface area contributed by atoms with Crippen molar-refractivity contribution in [2.24, 2.45) is 10.7 Å². The number of nitrogens with zero attached hydrogens (tertiary/aromatic N) is 1. The van der Waals surface area contributed by atoms with Gasteiger partial charge in [0.15, 0.2) is 0 Å². The highest BCUT2D eigenvalue weighted by Crippen LogP contribution is 2.32. The summed E-state index contributed by atoms with van der Waals surface area (Å²) in [6, 6.07) is 10.6. The number of aliphatic imine (C=N–C) groups is 1. The average Bonchev–Trinajstić information content (AvgIpc) is 2.77. The summed E-state index contributed by atoms with van der Waals surface area (Å²) in [4.78, 5) is 5.73. The van der Waals surface area contributed by atoms with Gasteiger partial charge in [0.25, 0.3) is 0 Å². The molecule has 2 N–H and O–H groups in total. The van der Waals surface area contributed by atoms with Gasteiger partial charge in [0.2, 0.25) is 0 Å². The van der Waals surface area contributed by atoms with E-state index in [-0.39, 0.29) is 6.04 Å². The summed E-state index contributed by atoms with van der Waals surface area (Å²) < 4.78 is 1.08. The lowest BCUT2D eigenvalue weighted by Gasteiger charge is -2.19. The van der Waals surface area contributed by atoms with Crippen LogP contribution in [-0.2, 0) is 6.42 Å². The number of halogens is 1. The minimum absolute atomic E-state index is 0.148. The molecule has 86 valence electrons. The number of hydrogen-bond acceptors (Lipinski definition) is 3. The number of benzene rings is 1. The van der Waals surface area contributed by atoms with Crippen LogP contribution in [0.5, 0.6) is 0 Å². The average molecular weight is 307 g/mol. The third-order valence-electron chi connectivity index (χ3n) is 2.92. The maximum absolute atomic E-state index is 6.01. The summed E-state index contributed by atoms with van der Waals surface area (Å²) in [7, 11) is 0. The third-order valence-corrected chi connectivity index (χ3v) is 4.39. The zero-order valence-corrected chi connectivity index (χ0v) is 11.5. The molecule has 0 spiro atoms. The highest BCUT2D eigenvalue weighted by molar-refractivity contribution is 9.10. The first kappa shape index (κ1) is 11.0. The van der Waals surface area contributed by atoms with Crippen molar-refractivity contribution in [2.45, 2.75) is 12.5 Å². The van der Waals surface area contributed by atoms with Crippen LogP contribution in [0.4, 0.5) is 0 Å². The van der Waals surface area contributed by atoms with E-state index in [2.05, 4.69) is 44.5 Å². The van der Waals surface area contributed by atoms with E-state index in [0.29, 0.717) is 5.84 Å². The Hall–Kier alpha value is -1.13. The molecule has 17 heavy (non-hydrogen) atoms. The molecule has 1 atom stereocenters. The second-order valence-corrected chi connectivity index (χ2v) is 5.90. The topological polar surface area (TPSA) is 38.4 Å². The molecule has 4 heteroatoms. The molecule has 0 saturated heterocycles. The number of rotatable bonds is 1. The molecule has 0 radical (unpaired) electrons. The summed E-state index contributed by atoms with van der Waals surface area (Å²) in [6.07, 6.45) is 0.940. The summed E-state index contributed by atoms with van der Waals surface area (Å²) in [5, 5.41) is 2.08. The Balaban J connectivity index is 2.00. The van der Waals surface area contributed by atoms with Crippen molar-refractivity contribution < 1.29 is 0 Å². The molecule has 0 fully saturated rings. The Kier molecular flexibility index (Phi) is 2.76. The number of fused-ring (bicyclic) bond motifs is 1. The smallest absolute Gasteiger partial charge is 0.136 e. The summed E-state index contributed by atoms with van der Waals surface area (Å²) in [5.74, 6) is 0.672. The van der Waals surface area contributed by atoms with Crippen LogP contribution in [0, 0.1) is 0 Å². The quantitative estimate of drug-likeness (QED) is 0.860. The first-order valence-electron chi connectivity index (χ1n) is 5.39. The second kappa shape index (κ2) is 4.27. The van der Waals surface area contributed by atoms with Crippen LogP contribution in [0.15, 0.2) is 45.2 Å². The first-order valence-corrected chi connectivity index (χ1v) is 7.07. The van der Waals surface area contributed by atoms with E-state index in [1.165, 1.54) is 11.1 Å². The van der Waals surface area contributed by atoms with E-state index < -0.39 is 0 Å². The van der Waals surface area contributed by atoms with Crippen LogP contribution in [0.1, 0.15) is 22.0 Å². The van der Waals surface area contributed by atoms with Gasteiger partial charge in [0.1, 0.15) is 5.84 Å². The van der Waals surface area contributed by atoms with E-state index in [4.69, 9.17) is 5.73 Å². The van der Waals surface area contributed by atoms with Crippen molar-refractivity contribution in [1.82, 2.24) is 0 Å². The largest absolute Gasteiger partial charge is 0.383 e. The normalized spacial score (nSPS) is 18.6. The van der Waals surface area contributed by atoms with E-state index in [1.54, 1.807) is 11.3 Å². The first-order chi connectivity index (χ1) is 8.24. The standard InChI is InChI=1S/C13H11BrN2S/c14-10-3-1-2-8(6-10)11-7-9-4-5-17-12(9)13(15)16-11/h1-6,11H,7H2,(H2,15,16). The zero-order chi connectivity index (χ0) is 11.8. The molecule has 1 aliphatic heterocycles. The molecule has 1 unspecified atom stereocenters. The van der Waals surface area contributed by atoms with Gasteiger partial charge in [-0.15, -0.1) is 11.3 Å². The Morgan fingerprint density at radius 2 is 2.24 bits per heavy atom. The van der Waals surface area contributed by atoms with Gasteiger partial charge in [-0.25, -0.2) is 0 Å². The molecular formula is C13H11BrN2S. The monoisotopic (exact) mass is 306 g/mol. The van der Waals surface area contributed by atoms with Crippen molar-refractivity contribution in [3.63, 3.8) is 0 Å². The highest BCUT2D eigenvalue weighted by atomic mass is 79.9. The summed E-state index contributed by atoms with van der Waals surface area (Å²) in [5.41, 5.74) is 8.53. The fourth-order valence-corrected chi connectivity index (χ4v) is 3.37. The van der Waals surface area contributed by atoms with Crippen LogP contribution >= 0.6 is 27.3 Å². The number of nitrogens with two attached hydrogens (primary N) is 1. The number of hydrogen-bond donors (Lipinski definition) is 1. The molecule has 1 aromatic carbocycles. The molecule has 0 saturated carbocycles. The zero-order valence-electron chi connectivity index (χ0n) is 9.06. The maximum atomic E-state index is 6.01. The Morgan fingerprint density at radius 3 is 3.06 bits per heavy atom. The summed E-state index contributed by atoms with van der Waals surface area (Å²) in [6.45, 7) is 0. The van der Waals surface area contributed by atoms with Crippen LogP contribution < -0.4 is 5.73 Å². The molecule has 2 heterocycles. The molecule has 2 aromatic rings. The minimum atomic E-state index is 0.148. The summed E-state index contributed by atoms with van der Waals surface area (Å²) >= 11 is 5.16. The lowest BCUT2D eigenvalue weighted by molar-refractivity contribution is 0.713. The SMILES string of the molecule is NC1=NC(c2cccc(Br)c2)Cc2ccsc21. The van der Waals surface area contributed by atoms with Gasteiger partial charge >= 0.3 is 0 Å². The number of amidine groups is 1. The van der Waals surface area contributed by atoms with Crippen LogP contribution in [0.3, 0.4) is 0 Å². The Bertz CT molecular complexity index is 589. The van der Waals surface area contributed by atoms with Gasteiger partial charge < -0.3 is 5.73 Å². The van der Waals surface area contributed by atoms with Gasteiger partial charge in [0.05, 0.1) is 10.9 Å².